The van der Waals surface area contributed by atoms with Crippen molar-refractivity contribution < 1.29 is 29.1 Å². The summed E-state index contributed by atoms with van der Waals surface area (Å²) in [5, 5.41) is 22.8. The largest absolute Gasteiger partial charge is 0.508 e. The van der Waals surface area contributed by atoms with Crippen molar-refractivity contribution in [2.45, 2.75) is 57.5 Å². The van der Waals surface area contributed by atoms with E-state index < -0.39 is 18.9 Å². The second-order valence-electron chi connectivity index (χ2n) is 7.88. The molecule has 3 atom stereocenters. The molecule has 0 aromatic heterocycles. The molecule has 7 nitrogen and oxygen atoms in total. The first-order valence-corrected chi connectivity index (χ1v) is 13.1. The summed E-state index contributed by atoms with van der Waals surface area (Å²) in [4.78, 5) is 11.1. The van der Waals surface area contributed by atoms with Gasteiger partial charge in [0.2, 0.25) is 5.47 Å². The average Bonchev–Trinajstić information content (AvgIpc) is 2.79. The molecule has 0 radical (unpaired) electrons. The van der Waals surface area contributed by atoms with Crippen LogP contribution in [0, 0.1) is 0 Å². The number of para-hydroxylation sites is 1. The van der Waals surface area contributed by atoms with Crippen molar-refractivity contribution in [3.63, 3.8) is 0 Å². The fourth-order valence-electron chi connectivity index (χ4n) is 3.36. The van der Waals surface area contributed by atoms with Crippen LogP contribution >= 0.6 is 7.37 Å². The van der Waals surface area contributed by atoms with Crippen molar-refractivity contribution >= 4 is 7.37 Å². The topological polar surface area (TPSA) is 108 Å². The number of ether oxygens (including phenoxy) is 2. The fourth-order valence-corrected chi connectivity index (χ4v) is 5.46. The van der Waals surface area contributed by atoms with Gasteiger partial charge in [-0.25, -0.2) is 0 Å². The van der Waals surface area contributed by atoms with Crippen LogP contribution in [0.3, 0.4) is 0 Å². The molecule has 0 aliphatic rings. The molecule has 0 amide bonds. The lowest BCUT2D eigenvalue weighted by Gasteiger charge is -2.38. The van der Waals surface area contributed by atoms with Crippen LogP contribution in [0.4, 0.5) is 0 Å². The van der Waals surface area contributed by atoms with E-state index in [1.54, 1.807) is 43.3 Å². The Hall–Kier alpha value is -2.05. The summed E-state index contributed by atoms with van der Waals surface area (Å²) in [6.07, 6.45) is 3.02. The molecule has 0 aliphatic heterocycles. The predicted molar refractivity (Wildman–Crippen MR) is 127 cm³/mol. The quantitative estimate of drug-likeness (QED) is 0.171. The second-order valence-corrected chi connectivity index (χ2v) is 10.5. The minimum absolute atomic E-state index is 0.0122. The smallest absolute Gasteiger partial charge is 0.257 e. The molecule has 0 fully saturated rings. The van der Waals surface area contributed by atoms with Gasteiger partial charge in [-0.1, -0.05) is 51.3 Å². The highest BCUT2D eigenvalue weighted by molar-refractivity contribution is 7.59. The first-order valence-electron chi connectivity index (χ1n) is 11.2. The van der Waals surface area contributed by atoms with Gasteiger partial charge in [-0.15, -0.1) is 0 Å². The van der Waals surface area contributed by atoms with Gasteiger partial charge >= 0.3 is 0 Å². The molecule has 4 N–H and O–H groups in total. The van der Waals surface area contributed by atoms with Crippen LogP contribution in [-0.4, -0.2) is 46.0 Å². The van der Waals surface area contributed by atoms with Gasteiger partial charge in [-0.2, -0.15) is 0 Å². The zero-order valence-electron chi connectivity index (χ0n) is 18.9. The lowest BCUT2D eigenvalue weighted by atomic mass is 10.2. The van der Waals surface area contributed by atoms with Crippen molar-refractivity contribution in [3.8, 4) is 17.2 Å². The lowest BCUT2D eigenvalue weighted by molar-refractivity contribution is 0.0559. The number of hydrogen-bond donors (Lipinski definition) is 4. The van der Waals surface area contributed by atoms with Crippen LogP contribution < -0.4 is 14.8 Å². The van der Waals surface area contributed by atoms with E-state index >= 15 is 0 Å². The minimum atomic E-state index is -3.79. The van der Waals surface area contributed by atoms with E-state index in [1.165, 1.54) is 12.1 Å². The van der Waals surface area contributed by atoms with Crippen molar-refractivity contribution in [1.29, 1.82) is 0 Å². The van der Waals surface area contributed by atoms with Crippen LogP contribution in [0.1, 0.15) is 46.0 Å². The molecule has 0 spiro atoms. The van der Waals surface area contributed by atoms with E-state index in [1.807, 2.05) is 6.07 Å². The first-order chi connectivity index (χ1) is 15.3. The highest BCUT2D eigenvalue weighted by Gasteiger charge is 2.48. The van der Waals surface area contributed by atoms with Gasteiger partial charge < -0.3 is 24.6 Å². The van der Waals surface area contributed by atoms with E-state index in [-0.39, 0.29) is 31.5 Å². The van der Waals surface area contributed by atoms with Crippen LogP contribution in [0.5, 0.6) is 17.2 Å². The molecule has 3 unspecified atom stereocenters. The highest BCUT2D eigenvalue weighted by Crippen LogP contribution is 2.55. The van der Waals surface area contributed by atoms with Gasteiger partial charge in [-0.3, -0.25) is 9.88 Å². The van der Waals surface area contributed by atoms with Crippen LogP contribution in [-0.2, 0) is 4.57 Å². The minimum Gasteiger partial charge on any atom is -0.508 e. The number of aliphatic hydroxyl groups is 1. The number of rotatable bonds is 15. The second kappa shape index (κ2) is 12.9. The number of aromatic hydroxyl groups is 1. The van der Waals surface area contributed by atoms with E-state index in [0.29, 0.717) is 17.9 Å². The Kier molecular flexibility index (Phi) is 10.5. The van der Waals surface area contributed by atoms with Crippen molar-refractivity contribution in [2.75, 3.05) is 19.3 Å². The molecule has 0 bridgehead atoms. The number of benzene rings is 2. The Labute approximate surface area is 190 Å². The molecular formula is C24H36NO6P. The van der Waals surface area contributed by atoms with Crippen molar-refractivity contribution in [2.24, 2.45) is 0 Å². The Morgan fingerprint density at radius 3 is 2.31 bits per heavy atom. The van der Waals surface area contributed by atoms with E-state index in [9.17, 15) is 19.7 Å². The number of hydrogen-bond acceptors (Lipinski definition) is 6. The predicted octanol–water partition coefficient (Wildman–Crippen LogP) is 4.72. The van der Waals surface area contributed by atoms with Crippen molar-refractivity contribution in [3.05, 3.63) is 54.6 Å². The highest BCUT2D eigenvalue weighted by atomic mass is 31.2. The number of aliphatic hydroxyl groups excluding tert-OH is 1. The molecule has 0 heterocycles. The lowest BCUT2D eigenvalue weighted by Crippen LogP contribution is -2.53. The third-order valence-corrected chi connectivity index (χ3v) is 7.90. The summed E-state index contributed by atoms with van der Waals surface area (Å²) in [5.41, 5.74) is -1.51. The molecule has 0 aliphatic carbocycles. The SMILES string of the molecule is CCCCCCP(=O)(O)C(CC)(NCC(O)COc1ccc(O)cc1)Oc1ccccc1. The molecule has 2 aromatic rings. The fraction of sp³-hybridized carbons (Fsp3) is 0.500. The summed E-state index contributed by atoms with van der Waals surface area (Å²) < 4.78 is 25.1. The summed E-state index contributed by atoms with van der Waals surface area (Å²) in [5.74, 6) is 1.12. The molecule has 2 rings (SSSR count). The Morgan fingerprint density at radius 1 is 1.00 bits per heavy atom. The van der Waals surface area contributed by atoms with Gasteiger partial charge in [-0.05, 0) is 42.8 Å². The Morgan fingerprint density at radius 2 is 1.69 bits per heavy atom. The average molecular weight is 466 g/mol. The molecule has 0 saturated heterocycles. The van der Waals surface area contributed by atoms with Gasteiger partial charge in [0, 0.05) is 19.1 Å². The van der Waals surface area contributed by atoms with E-state index in [0.717, 1.165) is 19.3 Å². The van der Waals surface area contributed by atoms with E-state index in [2.05, 4.69) is 12.2 Å². The number of unbranched alkanes of at least 4 members (excludes halogenated alkanes) is 3. The van der Waals surface area contributed by atoms with Crippen LogP contribution in [0.15, 0.2) is 54.6 Å². The molecule has 32 heavy (non-hydrogen) atoms. The number of nitrogens with one attached hydrogen (secondary N) is 1. The van der Waals surface area contributed by atoms with Crippen molar-refractivity contribution in [1.82, 2.24) is 5.32 Å². The Bertz CT molecular complexity index is 832. The molecular weight excluding hydrogens is 429 g/mol. The maximum atomic E-state index is 13.5. The normalized spacial score (nSPS) is 16.0. The third kappa shape index (κ3) is 7.82. The first kappa shape index (κ1) is 26.2. The zero-order chi connectivity index (χ0) is 23.5. The monoisotopic (exact) mass is 465 g/mol. The van der Waals surface area contributed by atoms with E-state index in [4.69, 9.17) is 9.47 Å². The van der Waals surface area contributed by atoms with Gasteiger partial charge in [0.25, 0.3) is 7.37 Å². The molecule has 2 aromatic carbocycles. The standard InChI is InChI=1S/C24H36NO6P/c1-3-5-6-10-17-32(28,29)24(4-2,31-23-11-8-7-9-12-23)25-18-21(27)19-30-22-15-13-20(26)14-16-22/h7-9,11-16,21,25-27H,3-6,10,17-19H2,1-2H3,(H,28,29). The maximum Gasteiger partial charge on any atom is 0.257 e. The Balaban J connectivity index is 2.08. The number of phenolic OH excluding ortho intramolecular Hbond substituents is 1. The molecule has 178 valence electrons. The summed E-state index contributed by atoms with van der Waals surface area (Å²) >= 11 is 0. The summed E-state index contributed by atoms with van der Waals surface area (Å²) in [6.45, 7) is 3.88. The third-order valence-electron chi connectivity index (χ3n) is 5.28. The maximum absolute atomic E-state index is 13.5. The van der Waals surface area contributed by atoms with Gasteiger partial charge in [0.1, 0.15) is 30.0 Å². The van der Waals surface area contributed by atoms with Crippen LogP contribution in [0.2, 0.25) is 0 Å². The molecule has 8 heteroatoms. The molecule has 0 saturated carbocycles. The van der Waals surface area contributed by atoms with Crippen LogP contribution in [0.25, 0.3) is 0 Å². The summed E-state index contributed by atoms with van der Waals surface area (Å²) in [6, 6.07) is 15.1. The van der Waals surface area contributed by atoms with Gasteiger partial charge in [0.05, 0.1) is 0 Å². The summed E-state index contributed by atoms with van der Waals surface area (Å²) in [7, 11) is -3.79. The number of phenols is 1. The zero-order valence-corrected chi connectivity index (χ0v) is 19.8. The van der Waals surface area contributed by atoms with Gasteiger partial charge in [0.15, 0.2) is 0 Å².